The minimum absolute atomic E-state index is 1.01. The van der Waals surface area contributed by atoms with Crippen molar-refractivity contribution in [3.63, 3.8) is 0 Å². The molecule has 0 aliphatic heterocycles. The fraction of sp³-hybridized carbons (Fsp3) is 1.00. The van der Waals surface area contributed by atoms with Gasteiger partial charge >= 0.3 is 62.1 Å². The van der Waals surface area contributed by atoms with Gasteiger partial charge in [0.1, 0.15) is 0 Å². The second kappa shape index (κ2) is 4.39. The van der Waals surface area contributed by atoms with E-state index in [9.17, 15) is 0 Å². The van der Waals surface area contributed by atoms with Crippen molar-refractivity contribution in [3.05, 3.63) is 0 Å². The van der Waals surface area contributed by atoms with Crippen LogP contribution in [0.5, 0.6) is 0 Å². The Morgan fingerprint density at radius 3 is 0.889 bits per heavy atom. The molecule has 0 rings (SSSR count). The summed E-state index contributed by atoms with van der Waals surface area (Å²) in [5.74, 6) is 0. The van der Waals surface area contributed by atoms with E-state index < -0.39 is 13.6 Å². The summed E-state index contributed by atoms with van der Waals surface area (Å²) in [5, 5.41) is 6.06. The molecule has 0 saturated heterocycles. The predicted octanol–water partition coefficient (Wildman–Crippen LogP) is 3.51. The molecule has 0 saturated carbocycles. The van der Waals surface area contributed by atoms with E-state index in [0.717, 1.165) is 0 Å². The molecule has 57 valence electrons. The van der Waals surface area contributed by atoms with E-state index in [1.807, 2.05) is 0 Å². The second-order valence-corrected chi connectivity index (χ2v) is 13.5. The predicted molar refractivity (Wildman–Crippen MR) is 47.7 cm³/mol. The molecular weight excluding hydrogens is 171 g/mol. The van der Waals surface area contributed by atoms with Crippen LogP contribution in [0.2, 0.25) is 20.8 Å². The zero-order valence-electron chi connectivity index (χ0n) is 7.28. The fourth-order valence-corrected chi connectivity index (χ4v) is 6.97. The van der Waals surface area contributed by atoms with Crippen molar-refractivity contribution in [3.8, 4) is 0 Å². The van der Waals surface area contributed by atoms with Gasteiger partial charge in [-0.1, -0.05) is 0 Å². The maximum atomic E-state index is 2.38. The van der Waals surface area contributed by atoms with Gasteiger partial charge in [-0.15, -0.1) is 0 Å². The van der Waals surface area contributed by atoms with Crippen molar-refractivity contribution in [2.75, 3.05) is 0 Å². The summed E-state index contributed by atoms with van der Waals surface area (Å²) >= 11 is -1.01. The maximum absolute atomic E-state index is 2.38. The first-order valence-corrected chi connectivity index (χ1v) is 9.40. The SMILES string of the molecule is CC[As](CC)(CC)CC. The molecule has 0 unspecified atom stereocenters. The van der Waals surface area contributed by atoms with Gasteiger partial charge in [0, 0.05) is 0 Å². The van der Waals surface area contributed by atoms with Crippen molar-refractivity contribution in [1.82, 2.24) is 0 Å². The first-order chi connectivity index (χ1) is 4.24. The zero-order valence-corrected chi connectivity index (χ0v) is 9.15. The van der Waals surface area contributed by atoms with Gasteiger partial charge in [0.2, 0.25) is 0 Å². The second-order valence-electron chi connectivity index (χ2n) is 2.61. The Labute approximate surface area is 62.5 Å². The first-order valence-electron chi connectivity index (χ1n) is 4.09. The van der Waals surface area contributed by atoms with E-state index in [2.05, 4.69) is 27.7 Å². The molecule has 0 heterocycles. The standard InChI is InChI=1S/C8H20As/c1-5-9(6-2,7-3)8-4/h5-8H2,1-4H3. The van der Waals surface area contributed by atoms with Gasteiger partial charge in [-0.25, -0.2) is 0 Å². The molecule has 0 aromatic carbocycles. The normalized spacial score (nSPS) is 12.0. The number of hydrogen-bond donors (Lipinski definition) is 0. The van der Waals surface area contributed by atoms with Gasteiger partial charge in [0.25, 0.3) is 0 Å². The topological polar surface area (TPSA) is 0 Å². The van der Waals surface area contributed by atoms with Crippen molar-refractivity contribution < 1.29 is 0 Å². The number of hydrogen-bond acceptors (Lipinski definition) is 0. The van der Waals surface area contributed by atoms with Gasteiger partial charge in [-0.05, 0) is 0 Å². The summed E-state index contributed by atoms with van der Waals surface area (Å²) in [7, 11) is 0. The summed E-state index contributed by atoms with van der Waals surface area (Å²) in [6.07, 6.45) is 0. The van der Waals surface area contributed by atoms with E-state index in [-0.39, 0.29) is 0 Å². The number of rotatable bonds is 4. The Balaban J connectivity index is 3.82. The Bertz CT molecular complexity index is 47.5. The molecule has 0 spiro atoms. The third-order valence-corrected chi connectivity index (χ3v) is 13.9. The van der Waals surface area contributed by atoms with Crippen molar-refractivity contribution in [2.45, 2.75) is 48.5 Å². The molecule has 1 heteroatoms. The van der Waals surface area contributed by atoms with Crippen LogP contribution in [-0.4, -0.2) is 13.6 Å². The summed E-state index contributed by atoms with van der Waals surface area (Å²) < 4.78 is 0. The van der Waals surface area contributed by atoms with Crippen molar-refractivity contribution >= 4 is 13.6 Å². The zero-order chi connectivity index (χ0) is 7.33. The summed E-state index contributed by atoms with van der Waals surface area (Å²) in [6.45, 7) is 9.51. The molecule has 1 radical (unpaired) electrons. The molecule has 0 fully saturated rings. The average molecular weight is 191 g/mol. The van der Waals surface area contributed by atoms with E-state index in [0.29, 0.717) is 0 Å². The van der Waals surface area contributed by atoms with Crippen LogP contribution in [0, 0.1) is 0 Å². The van der Waals surface area contributed by atoms with Crippen LogP contribution in [-0.2, 0) is 0 Å². The molecule has 0 aliphatic rings. The van der Waals surface area contributed by atoms with Gasteiger partial charge < -0.3 is 0 Å². The minimum atomic E-state index is -1.01. The van der Waals surface area contributed by atoms with Gasteiger partial charge in [-0.3, -0.25) is 0 Å². The van der Waals surface area contributed by atoms with Crippen LogP contribution >= 0.6 is 0 Å². The van der Waals surface area contributed by atoms with Crippen LogP contribution in [0.1, 0.15) is 27.7 Å². The molecule has 0 aromatic heterocycles. The van der Waals surface area contributed by atoms with Crippen LogP contribution in [0.25, 0.3) is 0 Å². The molecule has 0 bridgehead atoms. The van der Waals surface area contributed by atoms with Crippen molar-refractivity contribution in [2.24, 2.45) is 0 Å². The average Bonchev–Trinajstić information content (AvgIpc) is 1.95. The molecule has 0 aliphatic carbocycles. The Kier molecular flexibility index (Phi) is 4.66. The van der Waals surface area contributed by atoms with E-state index in [1.165, 1.54) is 20.8 Å². The monoisotopic (exact) mass is 191 g/mol. The van der Waals surface area contributed by atoms with Crippen LogP contribution < -0.4 is 0 Å². The Morgan fingerprint density at radius 2 is 0.889 bits per heavy atom. The summed E-state index contributed by atoms with van der Waals surface area (Å²) in [5.41, 5.74) is 0. The van der Waals surface area contributed by atoms with E-state index in [1.54, 1.807) is 0 Å². The molecule has 0 nitrogen and oxygen atoms in total. The van der Waals surface area contributed by atoms with Crippen LogP contribution in [0.4, 0.5) is 0 Å². The third-order valence-electron chi connectivity index (χ3n) is 2.68. The van der Waals surface area contributed by atoms with E-state index in [4.69, 9.17) is 0 Å². The molecule has 0 N–H and O–H groups in total. The molecule has 0 amide bonds. The molecule has 0 aromatic rings. The molecular formula is C8H20As. The first kappa shape index (κ1) is 9.56. The molecule has 9 heavy (non-hydrogen) atoms. The Hall–Kier alpha value is 0.558. The van der Waals surface area contributed by atoms with Crippen LogP contribution in [0.15, 0.2) is 0 Å². The third kappa shape index (κ3) is 2.33. The Morgan fingerprint density at radius 1 is 0.667 bits per heavy atom. The molecule has 0 atom stereocenters. The summed E-state index contributed by atoms with van der Waals surface area (Å²) in [4.78, 5) is 0. The summed E-state index contributed by atoms with van der Waals surface area (Å²) in [6, 6.07) is 0. The van der Waals surface area contributed by atoms with Gasteiger partial charge in [-0.2, -0.15) is 0 Å². The van der Waals surface area contributed by atoms with Gasteiger partial charge in [0.15, 0.2) is 0 Å². The van der Waals surface area contributed by atoms with Crippen molar-refractivity contribution in [1.29, 1.82) is 0 Å². The van der Waals surface area contributed by atoms with Crippen LogP contribution in [0.3, 0.4) is 0 Å². The quantitative estimate of drug-likeness (QED) is 0.596. The van der Waals surface area contributed by atoms with E-state index >= 15 is 0 Å². The fourth-order valence-electron chi connectivity index (χ4n) is 1.34. The van der Waals surface area contributed by atoms with Gasteiger partial charge in [0.05, 0.1) is 0 Å².